The highest BCUT2D eigenvalue weighted by Crippen LogP contribution is 2.26. The summed E-state index contributed by atoms with van der Waals surface area (Å²) >= 11 is 1.38. The van der Waals surface area contributed by atoms with Crippen LogP contribution in [0.15, 0.2) is 24.8 Å². The molecule has 0 unspecified atom stereocenters. The summed E-state index contributed by atoms with van der Waals surface area (Å²) in [5, 5.41) is 3.35. The molecule has 0 aromatic carbocycles. The lowest BCUT2D eigenvalue weighted by Crippen LogP contribution is -2.17. The maximum Gasteiger partial charge on any atom is 0.228 e. The molecule has 0 saturated carbocycles. The molecule has 0 bridgehead atoms. The monoisotopic (exact) mass is 334 g/mol. The first-order valence-corrected chi connectivity index (χ1v) is 8.50. The van der Waals surface area contributed by atoms with Crippen molar-refractivity contribution in [2.24, 2.45) is 5.92 Å². The lowest BCUT2D eigenvalue weighted by molar-refractivity contribution is -0.117. The first-order chi connectivity index (χ1) is 11.0. The molecule has 0 spiro atoms. The standard InChI is InChI=1S/C16H22N4O2S/c1-11(2)8-12(3)22-7-4-15(21)20-16-19-10-14(23-16)13-9-17-5-6-18-13/h5-6,9-12H,4,7-8H2,1-3H3,(H,19,20,21)/t12-/m1/s1. The van der Waals surface area contributed by atoms with Crippen molar-refractivity contribution < 1.29 is 9.53 Å². The molecule has 0 aliphatic heterocycles. The number of nitrogens with zero attached hydrogens (tertiary/aromatic N) is 3. The lowest BCUT2D eigenvalue weighted by Gasteiger charge is -2.14. The summed E-state index contributed by atoms with van der Waals surface area (Å²) in [6, 6.07) is 0. The molecule has 23 heavy (non-hydrogen) atoms. The van der Waals surface area contributed by atoms with Gasteiger partial charge in [-0.1, -0.05) is 25.2 Å². The van der Waals surface area contributed by atoms with Crippen molar-refractivity contribution in [3.8, 4) is 10.6 Å². The van der Waals surface area contributed by atoms with E-state index in [-0.39, 0.29) is 12.0 Å². The molecule has 7 heteroatoms. The fourth-order valence-corrected chi connectivity index (χ4v) is 2.94. The minimum absolute atomic E-state index is 0.0956. The first kappa shape index (κ1) is 17.5. The van der Waals surface area contributed by atoms with Crippen LogP contribution in [0.4, 0.5) is 5.13 Å². The normalized spacial score (nSPS) is 12.3. The van der Waals surface area contributed by atoms with Gasteiger partial charge in [-0.25, -0.2) is 4.98 Å². The summed E-state index contributed by atoms with van der Waals surface area (Å²) in [4.78, 5) is 25.2. The van der Waals surface area contributed by atoms with Gasteiger partial charge >= 0.3 is 0 Å². The molecular weight excluding hydrogens is 312 g/mol. The SMILES string of the molecule is CC(C)C[C@@H](C)OCCC(=O)Nc1ncc(-c2cnccn2)s1. The van der Waals surface area contributed by atoms with E-state index >= 15 is 0 Å². The largest absolute Gasteiger partial charge is 0.378 e. The minimum Gasteiger partial charge on any atom is -0.378 e. The van der Waals surface area contributed by atoms with Crippen molar-refractivity contribution in [1.29, 1.82) is 0 Å². The smallest absolute Gasteiger partial charge is 0.228 e. The van der Waals surface area contributed by atoms with Gasteiger partial charge in [0.15, 0.2) is 5.13 Å². The Morgan fingerprint density at radius 2 is 2.09 bits per heavy atom. The predicted molar refractivity (Wildman–Crippen MR) is 91.3 cm³/mol. The molecule has 0 aliphatic carbocycles. The lowest BCUT2D eigenvalue weighted by atomic mass is 10.1. The van der Waals surface area contributed by atoms with Crippen LogP contribution in [-0.4, -0.2) is 33.6 Å². The van der Waals surface area contributed by atoms with E-state index in [9.17, 15) is 4.79 Å². The second kappa shape index (κ2) is 8.69. The molecule has 0 radical (unpaired) electrons. The summed E-state index contributed by atoms with van der Waals surface area (Å²) in [5.74, 6) is 0.496. The van der Waals surface area contributed by atoms with Crippen LogP contribution in [0.25, 0.3) is 10.6 Å². The number of carbonyl (C=O) groups excluding carboxylic acids is 1. The molecule has 124 valence electrons. The number of nitrogens with one attached hydrogen (secondary N) is 1. The van der Waals surface area contributed by atoms with Crippen LogP contribution in [0.5, 0.6) is 0 Å². The van der Waals surface area contributed by atoms with Gasteiger partial charge in [0, 0.05) is 18.6 Å². The molecule has 6 nitrogen and oxygen atoms in total. The molecule has 1 N–H and O–H groups in total. The van der Waals surface area contributed by atoms with Gasteiger partial charge < -0.3 is 10.1 Å². The van der Waals surface area contributed by atoms with Crippen molar-refractivity contribution in [3.63, 3.8) is 0 Å². The second-order valence-corrected chi connectivity index (χ2v) is 6.76. The Bertz CT molecular complexity index is 616. The predicted octanol–water partition coefficient (Wildman–Crippen LogP) is 3.38. The van der Waals surface area contributed by atoms with Crippen molar-refractivity contribution in [2.75, 3.05) is 11.9 Å². The number of anilines is 1. The Kier molecular flexibility index (Phi) is 6.61. The van der Waals surface area contributed by atoms with Gasteiger partial charge in [0.2, 0.25) is 5.91 Å². The Hall–Kier alpha value is -1.86. The van der Waals surface area contributed by atoms with Gasteiger partial charge in [-0.2, -0.15) is 0 Å². The maximum absolute atomic E-state index is 11.9. The molecule has 1 atom stereocenters. The molecule has 0 aliphatic rings. The highest BCUT2D eigenvalue weighted by atomic mass is 32.1. The third-order valence-corrected chi connectivity index (χ3v) is 4.04. The van der Waals surface area contributed by atoms with Crippen LogP contribution >= 0.6 is 11.3 Å². The number of ether oxygens (including phenoxy) is 1. The summed E-state index contributed by atoms with van der Waals surface area (Å²) in [7, 11) is 0. The molecule has 0 saturated heterocycles. The molecule has 0 fully saturated rings. The number of rotatable bonds is 8. The third-order valence-electron chi connectivity index (χ3n) is 3.10. The number of hydrogen-bond acceptors (Lipinski definition) is 6. The Balaban J connectivity index is 1.77. The van der Waals surface area contributed by atoms with Gasteiger partial charge in [-0.15, -0.1) is 0 Å². The molecule has 1 amide bonds. The maximum atomic E-state index is 11.9. The van der Waals surface area contributed by atoms with E-state index in [0.717, 1.165) is 17.0 Å². The zero-order valence-electron chi connectivity index (χ0n) is 13.7. The Labute approximate surface area is 140 Å². The van der Waals surface area contributed by atoms with Crippen molar-refractivity contribution in [1.82, 2.24) is 15.0 Å². The number of hydrogen-bond donors (Lipinski definition) is 1. The summed E-state index contributed by atoms with van der Waals surface area (Å²) in [6.07, 6.45) is 8.09. The molecule has 2 rings (SSSR count). The van der Waals surface area contributed by atoms with Crippen LogP contribution in [0.1, 0.15) is 33.6 Å². The first-order valence-electron chi connectivity index (χ1n) is 7.68. The van der Waals surface area contributed by atoms with E-state index in [1.165, 1.54) is 11.3 Å². The molecular formula is C16H22N4O2S. The Morgan fingerprint density at radius 3 is 2.78 bits per heavy atom. The molecule has 2 aromatic rings. The summed E-state index contributed by atoms with van der Waals surface area (Å²) in [5.41, 5.74) is 0.747. The zero-order chi connectivity index (χ0) is 16.7. The van der Waals surface area contributed by atoms with Crippen LogP contribution < -0.4 is 5.32 Å². The average Bonchev–Trinajstić information content (AvgIpc) is 2.95. The van der Waals surface area contributed by atoms with E-state index in [4.69, 9.17) is 4.74 Å². The zero-order valence-corrected chi connectivity index (χ0v) is 14.5. The van der Waals surface area contributed by atoms with Crippen molar-refractivity contribution >= 4 is 22.4 Å². The fourth-order valence-electron chi connectivity index (χ4n) is 2.14. The van der Waals surface area contributed by atoms with Crippen LogP contribution in [0.2, 0.25) is 0 Å². The van der Waals surface area contributed by atoms with Gasteiger partial charge in [-0.05, 0) is 19.3 Å². The van der Waals surface area contributed by atoms with E-state index in [2.05, 4.69) is 34.1 Å². The summed E-state index contributed by atoms with van der Waals surface area (Å²) < 4.78 is 5.64. The summed E-state index contributed by atoms with van der Waals surface area (Å²) in [6.45, 7) is 6.77. The number of carbonyl (C=O) groups is 1. The third kappa shape index (κ3) is 6.03. The highest BCUT2D eigenvalue weighted by molar-refractivity contribution is 7.19. The topological polar surface area (TPSA) is 77.0 Å². The minimum atomic E-state index is -0.0956. The van der Waals surface area contributed by atoms with E-state index in [0.29, 0.717) is 24.1 Å². The van der Waals surface area contributed by atoms with Crippen LogP contribution in [0.3, 0.4) is 0 Å². The number of aromatic nitrogens is 3. The Morgan fingerprint density at radius 1 is 1.26 bits per heavy atom. The van der Waals surface area contributed by atoms with Gasteiger partial charge in [-0.3, -0.25) is 14.8 Å². The van der Waals surface area contributed by atoms with E-state index in [1.54, 1.807) is 24.8 Å². The highest BCUT2D eigenvalue weighted by Gasteiger charge is 2.10. The van der Waals surface area contributed by atoms with Gasteiger partial charge in [0.1, 0.15) is 5.69 Å². The molecule has 2 heterocycles. The van der Waals surface area contributed by atoms with Gasteiger partial charge in [0.05, 0.1) is 30.2 Å². The van der Waals surface area contributed by atoms with Crippen LogP contribution in [-0.2, 0) is 9.53 Å². The van der Waals surface area contributed by atoms with E-state index < -0.39 is 0 Å². The van der Waals surface area contributed by atoms with E-state index in [1.807, 2.05) is 6.92 Å². The number of amides is 1. The van der Waals surface area contributed by atoms with Crippen LogP contribution in [0, 0.1) is 5.92 Å². The average molecular weight is 334 g/mol. The van der Waals surface area contributed by atoms with Crippen molar-refractivity contribution in [2.45, 2.75) is 39.7 Å². The van der Waals surface area contributed by atoms with Gasteiger partial charge in [0.25, 0.3) is 0 Å². The molecule has 2 aromatic heterocycles. The second-order valence-electron chi connectivity index (χ2n) is 5.73. The number of thiazole rings is 1. The quantitative estimate of drug-likeness (QED) is 0.801. The van der Waals surface area contributed by atoms with Crippen molar-refractivity contribution in [3.05, 3.63) is 24.8 Å². The fraction of sp³-hybridized carbons (Fsp3) is 0.500.